The molecular weight excluding hydrogens is 213 g/mol. The van der Waals surface area contributed by atoms with Gasteiger partial charge >= 0.3 is 0 Å². The first kappa shape index (κ1) is 14.0. The molecule has 0 aromatic carbocycles. The Kier molecular flexibility index (Phi) is 4.55. The van der Waals surface area contributed by atoms with Crippen LogP contribution in [0.5, 0.6) is 0 Å². The van der Waals surface area contributed by atoms with Gasteiger partial charge in [0.15, 0.2) is 0 Å². The van der Waals surface area contributed by atoms with Crippen LogP contribution in [0.2, 0.25) is 0 Å². The first-order chi connectivity index (χ1) is 7.88. The summed E-state index contributed by atoms with van der Waals surface area (Å²) < 4.78 is 13.0. The third-order valence-corrected chi connectivity index (χ3v) is 3.47. The number of rotatable bonds is 4. The van der Waals surface area contributed by atoms with Crippen LogP contribution in [0, 0.1) is 5.92 Å². The van der Waals surface area contributed by atoms with Gasteiger partial charge < -0.3 is 4.90 Å². The van der Waals surface area contributed by atoms with Crippen LogP contribution in [0.15, 0.2) is 35.6 Å². The molecule has 0 saturated carbocycles. The Bertz CT molecular complexity index is 348. The van der Waals surface area contributed by atoms with Gasteiger partial charge in [0.2, 0.25) is 0 Å². The second-order valence-corrected chi connectivity index (χ2v) is 5.60. The molecule has 1 nitrogen and oxygen atoms in total. The maximum Gasteiger partial charge on any atom is 0.112 e. The minimum Gasteiger partial charge on any atom is -0.367 e. The van der Waals surface area contributed by atoms with Crippen molar-refractivity contribution in [1.29, 1.82) is 0 Å². The van der Waals surface area contributed by atoms with Crippen molar-refractivity contribution in [1.82, 2.24) is 4.90 Å². The Morgan fingerprint density at radius 2 is 2.00 bits per heavy atom. The number of hydrogen-bond donors (Lipinski definition) is 0. The second-order valence-electron chi connectivity index (χ2n) is 5.60. The van der Waals surface area contributed by atoms with Gasteiger partial charge in [-0.1, -0.05) is 31.6 Å². The van der Waals surface area contributed by atoms with Crippen LogP contribution in [0.1, 0.15) is 34.1 Å². The lowest BCUT2D eigenvalue weighted by atomic mass is 10.0. The topological polar surface area (TPSA) is 3.24 Å². The van der Waals surface area contributed by atoms with Crippen molar-refractivity contribution in [2.24, 2.45) is 5.92 Å². The van der Waals surface area contributed by atoms with Crippen molar-refractivity contribution in [3.63, 3.8) is 0 Å². The molecule has 0 spiro atoms. The Morgan fingerprint density at radius 1 is 1.35 bits per heavy atom. The van der Waals surface area contributed by atoms with Crippen LogP contribution in [-0.4, -0.2) is 24.2 Å². The first-order valence-electron chi connectivity index (χ1n) is 6.25. The second kappa shape index (κ2) is 5.52. The number of halogens is 1. The number of likely N-dealkylation sites (N-methyl/N-ethyl adjacent to an activating group) is 1. The van der Waals surface area contributed by atoms with Gasteiger partial charge in [-0.2, -0.15) is 0 Å². The zero-order chi connectivity index (χ0) is 13.1. The molecule has 96 valence electrons. The maximum atomic E-state index is 13.0. The van der Waals surface area contributed by atoms with Gasteiger partial charge in [-0.3, -0.25) is 0 Å². The average molecular weight is 237 g/mol. The zero-order valence-corrected chi connectivity index (χ0v) is 11.6. The summed E-state index contributed by atoms with van der Waals surface area (Å²) in [7, 11) is 1.95. The molecule has 1 aliphatic carbocycles. The normalized spacial score (nSPS) is 16.6. The van der Waals surface area contributed by atoms with E-state index >= 15 is 0 Å². The van der Waals surface area contributed by atoms with E-state index in [-0.39, 0.29) is 6.67 Å². The fourth-order valence-corrected chi connectivity index (χ4v) is 1.72. The van der Waals surface area contributed by atoms with Gasteiger partial charge in [0.1, 0.15) is 6.67 Å². The fraction of sp³-hybridized carbons (Fsp3) is 0.600. The standard InChI is InChI=1S/C15H24FN/c1-12(2)13-7-6-8-14(10-9-13)17(5)15(3,4)11-16/h6,8-10,12H,7,11H2,1-5H3. The molecule has 0 fully saturated rings. The molecule has 0 atom stereocenters. The Balaban J connectivity index is 2.92. The van der Waals surface area contributed by atoms with Gasteiger partial charge in [0, 0.05) is 12.7 Å². The summed E-state index contributed by atoms with van der Waals surface area (Å²) in [5, 5.41) is 0. The van der Waals surface area contributed by atoms with Crippen LogP contribution in [0.4, 0.5) is 4.39 Å². The summed E-state index contributed by atoms with van der Waals surface area (Å²) in [6, 6.07) is 0. The van der Waals surface area contributed by atoms with Gasteiger partial charge in [0.05, 0.1) is 5.54 Å². The van der Waals surface area contributed by atoms with Crippen molar-refractivity contribution >= 4 is 0 Å². The minimum absolute atomic E-state index is 0.352. The molecule has 0 heterocycles. The highest BCUT2D eigenvalue weighted by molar-refractivity contribution is 5.31. The van der Waals surface area contributed by atoms with Crippen molar-refractivity contribution < 1.29 is 4.39 Å². The number of hydrogen-bond acceptors (Lipinski definition) is 1. The quantitative estimate of drug-likeness (QED) is 0.711. The van der Waals surface area contributed by atoms with E-state index in [1.165, 1.54) is 5.57 Å². The molecule has 1 aliphatic rings. The minimum atomic E-state index is -0.452. The Morgan fingerprint density at radius 3 is 2.53 bits per heavy atom. The molecule has 0 aromatic heterocycles. The highest BCUT2D eigenvalue weighted by atomic mass is 19.1. The maximum absolute atomic E-state index is 13.0. The van der Waals surface area contributed by atoms with E-state index in [0.29, 0.717) is 5.92 Å². The van der Waals surface area contributed by atoms with Crippen LogP contribution < -0.4 is 0 Å². The molecule has 0 radical (unpaired) electrons. The van der Waals surface area contributed by atoms with Crippen LogP contribution in [-0.2, 0) is 0 Å². The molecule has 0 bridgehead atoms. The zero-order valence-electron chi connectivity index (χ0n) is 11.6. The summed E-state index contributed by atoms with van der Waals surface area (Å²) in [5.41, 5.74) is 2.04. The molecule has 17 heavy (non-hydrogen) atoms. The van der Waals surface area contributed by atoms with E-state index in [0.717, 1.165) is 12.1 Å². The summed E-state index contributed by atoms with van der Waals surface area (Å²) in [6.45, 7) is 7.89. The lowest BCUT2D eigenvalue weighted by Crippen LogP contribution is -2.41. The van der Waals surface area contributed by atoms with E-state index in [4.69, 9.17) is 0 Å². The van der Waals surface area contributed by atoms with Crippen LogP contribution >= 0.6 is 0 Å². The third-order valence-electron chi connectivity index (χ3n) is 3.47. The van der Waals surface area contributed by atoms with Crippen LogP contribution in [0.25, 0.3) is 0 Å². The number of alkyl halides is 1. The van der Waals surface area contributed by atoms with E-state index < -0.39 is 5.54 Å². The lowest BCUT2D eigenvalue weighted by molar-refractivity contribution is 0.164. The molecule has 1 rings (SSSR count). The molecule has 2 heteroatoms. The van der Waals surface area contributed by atoms with Crippen molar-refractivity contribution in [3.05, 3.63) is 35.6 Å². The Labute approximate surface area is 105 Å². The van der Waals surface area contributed by atoms with Gasteiger partial charge in [-0.05, 0) is 38.3 Å². The largest absolute Gasteiger partial charge is 0.367 e. The monoisotopic (exact) mass is 237 g/mol. The van der Waals surface area contributed by atoms with Crippen LogP contribution in [0.3, 0.4) is 0 Å². The van der Waals surface area contributed by atoms with Crippen molar-refractivity contribution in [3.8, 4) is 0 Å². The SMILES string of the molecule is CC(C)C1=CC=C(N(C)C(C)(C)CF)C=CC1. The molecule has 0 amide bonds. The first-order valence-corrected chi connectivity index (χ1v) is 6.25. The Hall–Kier alpha value is -1.05. The summed E-state index contributed by atoms with van der Waals surface area (Å²) in [4.78, 5) is 2.00. The summed E-state index contributed by atoms with van der Waals surface area (Å²) in [6.07, 6.45) is 9.50. The molecule has 0 unspecified atom stereocenters. The molecule has 0 N–H and O–H groups in total. The molecule has 0 aliphatic heterocycles. The highest BCUT2D eigenvalue weighted by Crippen LogP contribution is 2.24. The summed E-state index contributed by atoms with van der Waals surface area (Å²) in [5.74, 6) is 0.565. The molecule has 0 aromatic rings. The van der Waals surface area contributed by atoms with Gasteiger partial charge in [0.25, 0.3) is 0 Å². The molecule has 0 saturated heterocycles. The van der Waals surface area contributed by atoms with Crippen molar-refractivity contribution in [2.45, 2.75) is 39.7 Å². The number of allylic oxidation sites excluding steroid dienone is 5. The van der Waals surface area contributed by atoms with Gasteiger partial charge in [-0.15, -0.1) is 0 Å². The molecular formula is C15H24FN. The number of nitrogens with zero attached hydrogens (tertiary/aromatic N) is 1. The lowest BCUT2D eigenvalue weighted by Gasteiger charge is -2.35. The van der Waals surface area contributed by atoms with E-state index in [9.17, 15) is 4.39 Å². The van der Waals surface area contributed by atoms with Gasteiger partial charge in [-0.25, -0.2) is 4.39 Å². The summed E-state index contributed by atoms with van der Waals surface area (Å²) >= 11 is 0. The highest BCUT2D eigenvalue weighted by Gasteiger charge is 2.24. The predicted molar refractivity (Wildman–Crippen MR) is 72.6 cm³/mol. The van der Waals surface area contributed by atoms with Crippen molar-refractivity contribution in [2.75, 3.05) is 13.7 Å². The fourth-order valence-electron chi connectivity index (χ4n) is 1.72. The third kappa shape index (κ3) is 3.45. The average Bonchev–Trinajstić information content (AvgIpc) is 2.53. The van der Waals surface area contributed by atoms with E-state index in [1.54, 1.807) is 0 Å². The van der Waals surface area contributed by atoms with E-state index in [2.05, 4.69) is 38.2 Å². The van der Waals surface area contributed by atoms with E-state index in [1.807, 2.05) is 25.8 Å². The smallest absolute Gasteiger partial charge is 0.112 e. The predicted octanol–water partition coefficient (Wildman–Crippen LogP) is 4.09.